The van der Waals surface area contributed by atoms with Gasteiger partial charge in [-0.15, -0.1) is 0 Å². The third kappa shape index (κ3) is 5.18. The second-order valence-corrected chi connectivity index (χ2v) is 11.0. The molecule has 1 saturated heterocycles. The zero-order valence-corrected chi connectivity index (χ0v) is 23.7. The molecule has 0 saturated carbocycles. The van der Waals surface area contributed by atoms with Gasteiger partial charge in [0.15, 0.2) is 0 Å². The smallest absolute Gasteiger partial charge is 0.254 e. The fourth-order valence-corrected chi connectivity index (χ4v) is 6.04. The molecule has 2 aliphatic heterocycles. The van der Waals surface area contributed by atoms with Crippen LogP contribution in [-0.2, 0) is 28.0 Å². The Morgan fingerprint density at radius 3 is 2.78 bits per heavy atom. The summed E-state index contributed by atoms with van der Waals surface area (Å²) in [6.07, 6.45) is 8.73. The minimum atomic E-state index is -0.420. The van der Waals surface area contributed by atoms with Gasteiger partial charge in [-0.25, -0.2) is 14.4 Å². The summed E-state index contributed by atoms with van der Waals surface area (Å²) in [6, 6.07) is 8.76. The maximum absolute atomic E-state index is 13.7. The number of hydrogen-bond donors (Lipinski definition) is 2. The summed E-state index contributed by atoms with van der Waals surface area (Å²) in [6.45, 7) is 2.67. The third-order valence-corrected chi connectivity index (χ3v) is 8.20. The molecular formula is C31H35FN6O3. The van der Waals surface area contributed by atoms with E-state index in [1.807, 2.05) is 22.7 Å². The fourth-order valence-electron chi connectivity index (χ4n) is 6.04. The molecule has 0 unspecified atom stereocenters. The van der Waals surface area contributed by atoms with Crippen molar-refractivity contribution in [1.82, 2.24) is 24.6 Å². The van der Waals surface area contributed by atoms with Crippen LogP contribution in [0, 0.1) is 5.82 Å². The predicted octanol–water partition coefficient (Wildman–Crippen LogP) is 4.67. The molecule has 9 nitrogen and oxygen atoms in total. The molecule has 10 heteroatoms. The molecule has 6 rings (SSSR count). The van der Waals surface area contributed by atoms with E-state index in [1.54, 1.807) is 19.5 Å². The Balaban J connectivity index is 1.36. The zero-order chi connectivity index (χ0) is 28.6. The SMILES string of the molecule is COC1(c2cnc(Nc3ccc(-c4cnc5cc(F)ccn45)c4c3C(=O)NC4)cc2CCCN(C)C)CCOCC1. The van der Waals surface area contributed by atoms with Crippen molar-refractivity contribution < 1.29 is 18.7 Å². The molecule has 4 aromatic rings. The van der Waals surface area contributed by atoms with Crippen LogP contribution in [0.5, 0.6) is 0 Å². The van der Waals surface area contributed by atoms with Crippen molar-refractivity contribution in [3.05, 3.63) is 77.0 Å². The molecule has 1 fully saturated rings. The van der Waals surface area contributed by atoms with Crippen molar-refractivity contribution in [1.29, 1.82) is 0 Å². The summed E-state index contributed by atoms with van der Waals surface area (Å²) < 4.78 is 27.3. The number of carbonyl (C=O) groups is 1. The number of rotatable bonds is 9. The van der Waals surface area contributed by atoms with Gasteiger partial charge in [0, 0.05) is 69.3 Å². The number of fused-ring (bicyclic) bond motifs is 2. The number of nitrogens with zero attached hydrogens (tertiary/aromatic N) is 4. The quantitative estimate of drug-likeness (QED) is 0.309. The molecule has 0 aliphatic carbocycles. The Morgan fingerprint density at radius 2 is 2.00 bits per heavy atom. The highest BCUT2D eigenvalue weighted by Gasteiger charge is 2.37. The van der Waals surface area contributed by atoms with Gasteiger partial charge in [-0.2, -0.15) is 0 Å². The lowest BCUT2D eigenvalue weighted by Gasteiger charge is -2.37. The van der Waals surface area contributed by atoms with Crippen molar-refractivity contribution in [2.75, 3.05) is 46.3 Å². The van der Waals surface area contributed by atoms with Gasteiger partial charge in [0.25, 0.3) is 5.91 Å². The number of halogens is 1. The van der Waals surface area contributed by atoms with E-state index in [4.69, 9.17) is 14.5 Å². The second-order valence-electron chi connectivity index (χ2n) is 11.0. The number of imidazole rings is 1. The fraction of sp³-hybridized carbons (Fsp3) is 0.387. The minimum Gasteiger partial charge on any atom is -0.381 e. The Labute approximate surface area is 238 Å². The number of pyridine rings is 2. The van der Waals surface area contributed by atoms with Crippen molar-refractivity contribution in [3.63, 3.8) is 0 Å². The molecule has 2 N–H and O–H groups in total. The van der Waals surface area contributed by atoms with Gasteiger partial charge in [0.1, 0.15) is 17.3 Å². The number of aromatic nitrogens is 3. The van der Waals surface area contributed by atoms with Gasteiger partial charge >= 0.3 is 0 Å². The van der Waals surface area contributed by atoms with E-state index in [1.165, 1.54) is 17.7 Å². The summed E-state index contributed by atoms with van der Waals surface area (Å²) in [5, 5.41) is 6.40. The van der Waals surface area contributed by atoms with Crippen LogP contribution in [0.25, 0.3) is 16.9 Å². The second kappa shape index (κ2) is 11.2. The first-order chi connectivity index (χ1) is 19.9. The third-order valence-electron chi connectivity index (χ3n) is 8.20. The number of carbonyl (C=O) groups excluding carboxylic acids is 1. The summed E-state index contributed by atoms with van der Waals surface area (Å²) in [5.74, 6) is 0.184. The molecule has 3 aromatic heterocycles. The topological polar surface area (TPSA) is 93.0 Å². The van der Waals surface area contributed by atoms with E-state index in [2.05, 4.69) is 40.7 Å². The van der Waals surface area contributed by atoms with Crippen LogP contribution in [0.2, 0.25) is 0 Å². The minimum absolute atomic E-state index is 0.146. The van der Waals surface area contributed by atoms with Crippen molar-refractivity contribution in [3.8, 4) is 11.3 Å². The van der Waals surface area contributed by atoms with E-state index >= 15 is 0 Å². The Bertz CT molecular complexity index is 1590. The Hall–Kier alpha value is -3.86. The van der Waals surface area contributed by atoms with Crippen molar-refractivity contribution in [2.24, 2.45) is 0 Å². The van der Waals surface area contributed by atoms with Gasteiger partial charge in [0.2, 0.25) is 0 Å². The van der Waals surface area contributed by atoms with Gasteiger partial charge in [-0.1, -0.05) is 6.07 Å². The lowest BCUT2D eigenvalue weighted by Crippen LogP contribution is -2.36. The molecule has 0 bridgehead atoms. The lowest BCUT2D eigenvalue weighted by atomic mass is 9.83. The highest BCUT2D eigenvalue weighted by molar-refractivity contribution is 6.06. The Kier molecular flexibility index (Phi) is 7.46. The Morgan fingerprint density at radius 1 is 1.17 bits per heavy atom. The lowest BCUT2D eigenvalue weighted by molar-refractivity contribution is -0.0954. The van der Waals surface area contributed by atoms with Gasteiger partial charge in [0.05, 0.1) is 28.7 Å². The van der Waals surface area contributed by atoms with E-state index in [9.17, 15) is 9.18 Å². The van der Waals surface area contributed by atoms with Gasteiger partial charge in [-0.05, 0) is 62.8 Å². The van der Waals surface area contributed by atoms with Crippen LogP contribution in [0.1, 0.15) is 46.3 Å². The number of methoxy groups -OCH3 is 1. The first-order valence-corrected chi connectivity index (χ1v) is 14.0. The highest BCUT2D eigenvalue weighted by atomic mass is 19.1. The number of hydrogen-bond acceptors (Lipinski definition) is 7. The van der Waals surface area contributed by atoms with Crippen LogP contribution in [0.4, 0.5) is 15.9 Å². The average Bonchev–Trinajstić information content (AvgIpc) is 3.57. The maximum atomic E-state index is 13.7. The van der Waals surface area contributed by atoms with Crippen molar-refractivity contribution >= 4 is 23.1 Å². The summed E-state index contributed by atoms with van der Waals surface area (Å²) >= 11 is 0. The number of ether oxygens (including phenoxy) is 2. The first kappa shape index (κ1) is 27.3. The van der Waals surface area contributed by atoms with Crippen LogP contribution in [0.3, 0.4) is 0 Å². The van der Waals surface area contributed by atoms with Gasteiger partial charge < -0.3 is 25.0 Å². The zero-order valence-electron chi connectivity index (χ0n) is 23.7. The number of nitrogens with one attached hydrogen (secondary N) is 2. The number of amides is 1. The molecule has 0 radical (unpaired) electrons. The molecule has 2 aliphatic rings. The van der Waals surface area contributed by atoms with Crippen molar-refractivity contribution in [2.45, 2.75) is 37.8 Å². The highest BCUT2D eigenvalue weighted by Crippen LogP contribution is 2.39. The molecule has 1 aromatic carbocycles. The first-order valence-electron chi connectivity index (χ1n) is 14.0. The molecule has 0 spiro atoms. The summed E-state index contributed by atoms with van der Waals surface area (Å²) in [5.41, 5.74) is 6.19. The van der Waals surface area contributed by atoms with E-state index < -0.39 is 5.60 Å². The standard InChI is InChI=1S/C31H35FN6O3/c1-37(2)11-4-5-20-15-27(33-18-24(20)31(40-3)9-13-41-14-10-31)36-25-7-6-22(23-17-35-30(39)29(23)25)26-19-34-28-16-21(32)8-12-38(26)28/h6-8,12,15-16,18-19H,4-5,9-11,13-14,17H2,1-3H3,(H,33,36)(H,35,39). The normalized spacial score (nSPS) is 16.3. The summed E-state index contributed by atoms with van der Waals surface area (Å²) in [4.78, 5) is 24.4. The average molecular weight is 559 g/mol. The van der Waals surface area contributed by atoms with Crippen LogP contribution in [0.15, 0.2) is 48.9 Å². The monoisotopic (exact) mass is 558 g/mol. The van der Waals surface area contributed by atoms with E-state index in [0.717, 1.165) is 54.6 Å². The van der Waals surface area contributed by atoms with Crippen LogP contribution >= 0.6 is 0 Å². The largest absolute Gasteiger partial charge is 0.381 e. The predicted molar refractivity (Wildman–Crippen MR) is 155 cm³/mol. The molecule has 0 atom stereocenters. The van der Waals surface area contributed by atoms with Gasteiger partial charge in [-0.3, -0.25) is 9.20 Å². The maximum Gasteiger partial charge on any atom is 0.254 e. The summed E-state index contributed by atoms with van der Waals surface area (Å²) in [7, 11) is 5.93. The van der Waals surface area contributed by atoms with Crippen LogP contribution < -0.4 is 10.6 Å². The molecule has 1 amide bonds. The molecular weight excluding hydrogens is 523 g/mol. The van der Waals surface area contributed by atoms with E-state index in [-0.39, 0.29) is 11.7 Å². The molecule has 41 heavy (non-hydrogen) atoms. The molecule has 214 valence electrons. The number of anilines is 2. The number of benzene rings is 1. The number of aryl methyl sites for hydroxylation is 1. The van der Waals surface area contributed by atoms with E-state index in [0.29, 0.717) is 42.5 Å². The van der Waals surface area contributed by atoms with Crippen LogP contribution in [-0.4, -0.2) is 66.1 Å². The molecule has 5 heterocycles.